The van der Waals surface area contributed by atoms with E-state index in [0.29, 0.717) is 37.9 Å². The van der Waals surface area contributed by atoms with Crippen molar-refractivity contribution in [2.45, 2.75) is 32.9 Å². The van der Waals surface area contributed by atoms with Gasteiger partial charge in [-0.15, -0.1) is 0 Å². The number of nitrogens with zero attached hydrogens (tertiary/aromatic N) is 1. The maximum absolute atomic E-state index is 13.9. The lowest BCUT2D eigenvalue weighted by atomic mass is 10.2. The summed E-state index contributed by atoms with van der Waals surface area (Å²) in [5, 5.41) is 6.53. The molecule has 0 bridgehead atoms. The van der Waals surface area contributed by atoms with Gasteiger partial charge in [-0.05, 0) is 50.6 Å². The summed E-state index contributed by atoms with van der Waals surface area (Å²) in [5.41, 5.74) is 1.41. The summed E-state index contributed by atoms with van der Waals surface area (Å²) in [5.74, 6) is 1.12. The topological polar surface area (TPSA) is 64.1 Å². The van der Waals surface area contributed by atoms with Gasteiger partial charge in [0.2, 0.25) is 0 Å². The summed E-state index contributed by atoms with van der Waals surface area (Å²) in [4.78, 5) is 4.53. The second-order valence-corrected chi connectivity index (χ2v) is 6.96. The van der Waals surface area contributed by atoms with Crippen LogP contribution in [0, 0.1) is 5.82 Å². The van der Waals surface area contributed by atoms with Gasteiger partial charge in [-0.3, -0.25) is 0 Å². The molecule has 2 N–H and O–H groups in total. The molecule has 0 amide bonds. The van der Waals surface area contributed by atoms with Crippen LogP contribution in [0.4, 0.5) is 10.1 Å². The highest BCUT2D eigenvalue weighted by Crippen LogP contribution is 2.17. The Morgan fingerprint density at radius 2 is 1.80 bits per heavy atom. The molecule has 0 aromatic heterocycles. The van der Waals surface area contributed by atoms with Crippen LogP contribution in [0.5, 0.6) is 5.75 Å². The van der Waals surface area contributed by atoms with E-state index in [-0.39, 0.29) is 18.5 Å². The number of aliphatic imine (C=N–C) groups is 1. The molecular weight excluding hydrogens is 385 g/mol. The van der Waals surface area contributed by atoms with Crippen molar-refractivity contribution in [3.05, 3.63) is 59.9 Å². The van der Waals surface area contributed by atoms with Gasteiger partial charge in [-0.1, -0.05) is 18.2 Å². The molecule has 0 atom stereocenters. The van der Waals surface area contributed by atoms with Crippen LogP contribution in [-0.2, 0) is 16.0 Å². The van der Waals surface area contributed by atoms with E-state index in [4.69, 9.17) is 14.2 Å². The number of methoxy groups -OCH3 is 1. The third kappa shape index (κ3) is 9.24. The molecule has 30 heavy (non-hydrogen) atoms. The highest BCUT2D eigenvalue weighted by Gasteiger charge is 2.04. The molecule has 2 rings (SSSR count). The van der Waals surface area contributed by atoms with E-state index in [1.807, 2.05) is 38.1 Å². The molecule has 2 aromatic carbocycles. The Labute approximate surface area is 178 Å². The van der Waals surface area contributed by atoms with Gasteiger partial charge in [0.1, 0.15) is 11.6 Å². The normalized spacial score (nSPS) is 11.6. The molecule has 0 aliphatic heterocycles. The molecule has 0 saturated carbocycles. The molecule has 0 radical (unpaired) electrons. The number of anilines is 1. The van der Waals surface area contributed by atoms with Crippen molar-refractivity contribution < 1.29 is 18.6 Å². The first-order chi connectivity index (χ1) is 14.6. The summed E-state index contributed by atoms with van der Waals surface area (Å²) >= 11 is 0. The number of rotatable bonds is 12. The van der Waals surface area contributed by atoms with Crippen LogP contribution in [-0.4, -0.2) is 45.5 Å². The summed E-state index contributed by atoms with van der Waals surface area (Å²) in [6.07, 6.45) is 0.931. The first kappa shape index (κ1) is 23.6. The minimum Gasteiger partial charge on any atom is -0.491 e. The zero-order chi connectivity index (χ0) is 21.6. The Morgan fingerprint density at radius 1 is 1.03 bits per heavy atom. The van der Waals surface area contributed by atoms with Crippen LogP contribution < -0.4 is 15.4 Å². The van der Waals surface area contributed by atoms with Crippen LogP contribution in [0.15, 0.2) is 53.5 Å². The van der Waals surface area contributed by atoms with Crippen molar-refractivity contribution in [1.82, 2.24) is 5.32 Å². The maximum atomic E-state index is 13.9. The first-order valence-corrected chi connectivity index (χ1v) is 10.2. The van der Waals surface area contributed by atoms with Gasteiger partial charge in [0.05, 0.1) is 25.9 Å². The molecule has 164 valence electrons. The predicted molar refractivity (Wildman–Crippen MR) is 119 cm³/mol. The maximum Gasteiger partial charge on any atom is 0.196 e. The van der Waals surface area contributed by atoms with Crippen molar-refractivity contribution in [2.75, 3.05) is 38.8 Å². The largest absolute Gasteiger partial charge is 0.491 e. The van der Waals surface area contributed by atoms with Gasteiger partial charge >= 0.3 is 0 Å². The lowest BCUT2D eigenvalue weighted by Crippen LogP contribution is -2.32. The Kier molecular flexibility index (Phi) is 10.7. The number of halogens is 1. The van der Waals surface area contributed by atoms with E-state index >= 15 is 0 Å². The summed E-state index contributed by atoms with van der Waals surface area (Å²) in [6.45, 7) is 6.67. The van der Waals surface area contributed by atoms with Crippen LogP contribution in [0.3, 0.4) is 0 Å². The molecule has 0 spiro atoms. The molecule has 6 nitrogen and oxygen atoms in total. The lowest BCUT2D eigenvalue weighted by molar-refractivity contribution is 0.0699. The van der Waals surface area contributed by atoms with Crippen molar-refractivity contribution in [1.29, 1.82) is 0 Å². The van der Waals surface area contributed by atoms with E-state index < -0.39 is 0 Å². The van der Waals surface area contributed by atoms with E-state index in [9.17, 15) is 4.39 Å². The van der Waals surface area contributed by atoms with E-state index in [1.165, 1.54) is 6.07 Å². The fourth-order valence-electron chi connectivity index (χ4n) is 2.58. The van der Waals surface area contributed by atoms with Gasteiger partial charge in [0.25, 0.3) is 0 Å². The molecule has 7 heteroatoms. The summed E-state index contributed by atoms with van der Waals surface area (Å²) in [7, 11) is 1.65. The van der Waals surface area contributed by atoms with Crippen molar-refractivity contribution >= 4 is 11.6 Å². The molecule has 0 heterocycles. The van der Waals surface area contributed by atoms with Gasteiger partial charge in [0, 0.05) is 31.5 Å². The minimum absolute atomic E-state index is 0.120. The second-order valence-electron chi connectivity index (χ2n) is 6.96. The molecule has 0 unspecified atom stereocenters. The molecule has 0 aliphatic rings. The second kappa shape index (κ2) is 13.6. The van der Waals surface area contributed by atoms with E-state index in [1.54, 1.807) is 25.3 Å². The monoisotopic (exact) mass is 417 g/mol. The predicted octanol–water partition coefficient (Wildman–Crippen LogP) is 4.22. The Morgan fingerprint density at radius 3 is 2.50 bits per heavy atom. The first-order valence-electron chi connectivity index (χ1n) is 10.2. The zero-order valence-corrected chi connectivity index (χ0v) is 18.0. The molecule has 0 aliphatic carbocycles. The third-order valence-electron chi connectivity index (χ3n) is 4.04. The van der Waals surface area contributed by atoms with Gasteiger partial charge in [0.15, 0.2) is 5.96 Å². The van der Waals surface area contributed by atoms with Crippen LogP contribution in [0.2, 0.25) is 0 Å². The fraction of sp³-hybridized carbons (Fsp3) is 0.435. The van der Waals surface area contributed by atoms with E-state index in [2.05, 4.69) is 15.6 Å². The number of benzene rings is 2. The number of nitrogens with one attached hydrogen (secondary N) is 2. The smallest absolute Gasteiger partial charge is 0.196 e. The van der Waals surface area contributed by atoms with Crippen molar-refractivity contribution in [3.63, 3.8) is 0 Å². The quantitative estimate of drug-likeness (QED) is 0.308. The standard InChI is InChI=1S/C23H32FN3O3/c1-18(2)30-21-11-9-20(10-12-21)27-23(25-13-6-14-29-16-15-28-3)26-17-19-7-4-5-8-22(19)24/h4-5,7-12,18H,6,13-17H2,1-3H3,(H2,25,26,27). The molecule has 0 saturated heterocycles. The van der Waals surface area contributed by atoms with Crippen LogP contribution in [0.1, 0.15) is 25.8 Å². The number of guanidine groups is 1. The van der Waals surface area contributed by atoms with E-state index in [0.717, 1.165) is 17.9 Å². The summed E-state index contributed by atoms with van der Waals surface area (Å²) in [6, 6.07) is 14.3. The van der Waals surface area contributed by atoms with Gasteiger partial charge in [-0.25, -0.2) is 9.38 Å². The lowest BCUT2D eigenvalue weighted by Gasteiger charge is -2.14. The van der Waals surface area contributed by atoms with Crippen molar-refractivity contribution in [3.8, 4) is 5.75 Å². The fourth-order valence-corrected chi connectivity index (χ4v) is 2.58. The van der Waals surface area contributed by atoms with Gasteiger partial charge < -0.3 is 24.8 Å². The molecular formula is C23H32FN3O3. The summed E-state index contributed by atoms with van der Waals surface area (Å²) < 4.78 is 30.0. The number of hydrogen-bond donors (Lipinski definition) is 2. The minimum atomic E-state index is -0.262. The zero-order valence-electron chi connectivity index (χ0n) is 18.0. The number of ether oxygens (including phenoxy) is 3. The number of hydrogen-bond acceptors (Lipinski definition) is 4. The Balaban J connectivity index is 1.95. The highest BCUT2D eigenvalue weighted by molar-refractivity contribution is 5.93. The average molecular weight is 418 g/mol. The average Bonchev–Trinajstić information content (AvgIpc) is 2.73. The molecule has 2 aromatic rings. The van der Waals surface area contributed by atoms with Crippen molar-refractivity contribution in [2.24, 2.45) is 4.99 Å². The van der Waals surface area contributed by atoms with Crippen LogP contribution in [0.25, 0.3) is 0 Å². The Bertz CT molecular complexity index is 767. The molecule has 0 fully saturated rings. The van der Waals surface area contributed by atoms with Gasteiger partial charge in [-0.2, -0.15) is 0 Å². The Hall–Kier alpha value is -2.64. The highest BCUT2D eigenvalue weighted by atomic mass is 19.1. The third-order valence-corrected chi connectivity index (χ3v) is 4.04. The SMILES string of the molecule is COCCOCCCNC(=NCc1ccccc1F)Nc1ccc(OC(C)C)cc1. The van der Waals surface area contributed by atoms with Crippen LogP contribution >= 0.6 is 0 Å².